The van der Waals surface area contributed by atoms with E-state index >= 15 is 0 Å². The van der Waals surface area contributed by atoms with Gasteiger partial charge in [-0.3, -0.25) is 9.79 Å². The summed E-state index contributed by atoms with van der Waals surface area (Å²) >= 11 is 0. The minimum Gasteiger partial charge on any atom is -0.375 e. The lowest BCUT2D eigenvalue weighted by Gasteiger charge is -2.32. The Morgan fingerprint density at radius 1 is 1.22 bits per heavy atom. The van der Waals surface area contributed by atoms with Crippen molar-refractivity contribution in [1.29, 1.82) is 0 Å². The number of carbonyl (C=O) groups excluding carboxylic acids is 1. The number of amides is 1. The number of aliphatic imine (C=N–C) groups is 1. The van der Waals surface area contributed by atoms with Gasteiger partial charge in [-0.25, -0.2) is 4.98 Å². The number of guanidine groups is 1. The first kappa shape index (κ1) is 25.0. The van der Waals surface area contributed by atoms with E-state index in [2.05, 4.69) is 44.6 Å². The number of ether oxygens (including phenoxy) is 1. The first-order valence-corrected chi connectivity index (χ1v) is 11.7. The largest absolute Gasteiger partial charge is 0.375 e. The molecule has 2 aliphatic heterocycles. The van der Waals surface area contributed by atoms with Crippen molar-refractivity contribution < 1.29 is 9.53 Å². The van der Waals surface area contributed by atoms with Gasteiger partial charge in [0.15, 0.2) is 5.96 Å². The van der Waals surface area contributed by atoms with Crippen LogP contribution in [0.1, 0.15) is 44.6 Å². The molecule has 2 atom stereocenters. The monoisotopic (exact) mass is 556 g/mol. The van der Waals surface area contributed by atoms with Gasteiger partial charge in [-0.05, 0) is 37.8 Å². The lowest BCUT2D eigenvalue weighted by atomic mass is 10.1. The fraction of sp³-hybridized carbons (Fsp3) is 0.696. The number of anilines is 1. The molecule has 3 fully saturated rings. The highest BCUT2D eigenvalue weighted by molar-refractivity contribution is 14.0. The number of carbonyl (C=O) groups is 1. The van der Waals surface area contributed by atoms with Crippen LogP contribution in [0.3, 0.4) is 0 Å². The molecule has 1 aromatic heterocycles. The van der Waals surface area contributed by atoms with Gasteiger partial charge in [0, 0.05) is 57.9 Å². The highest BCUT2D eigenvalue weighted by atomic mass is 127. The smallest absolute Gasteiger partial charge is 0.225 e. The molecule has 3 aliphatic rings. The summed E-state index contributed by atoms with van der Waals surface area (Å²) in [5.74, 6) is 2.38. The predicted molar refractivity (Wildman–Crippen MR) is 138 cm³/mol. The van der Waals surface area contributed by atoms with E-state index in [9.17, 15) is 4.79 Å². The molecule has 0 spiro atoms. The van der Waals surface area contributed by atoms with Gasteiger partial charge in [-0.1, -0.05) is 18.9 Å². The van der Waals surface area contributed by atoms with E-state index in [1.54, 1.807) is 7.05 Å². The number of halogens is 1. The molecular formula is C23H37IN6O2. The number of aromatic nitrogens is 1. The topological polar surface area (TPSA) is 82.1 Å². The van der Waals surface area contributed by atoms with Gasteiger partial charge < -0.3 is 25.2 Å². The van der Waals surface area contributed by atoms with Gasteiger partial charge in [-0.15, -0.1) is 24.0 Å². The van der Waals surface area contributed by atoms with Crippen LogP contribution in [0.2, 0.25) is 0 Å². The maximum atomic E-state index is 12.7. The number of hydrogen-bond donors (Lipinski definition) is 2. The molecule has 4 rings (SSSR count). The van der Waals surface area contributed by atoms with Crippen LogP contribution in [0, 0.1) is 5.92 Å². The zero-order valence-corrected chi connectivity index (χ0v) is 21.6. The highest BCUT2D eigenvalue weighted by Crippen LogP contribution is 2.27. The van der Waals surface area contributed by atoms with Crippen LogP contribution in [0.4, 0.5) is 5.82 Å². The Kier molecular flexibility index (Phi) is 9.39. The van der Waals surface area contributed by atoms with Crippen LogP contribution in [0.15, 0.2) is 23.3 Å². The van der Waals surface area contributed by atoms with Crippen molar-refractivity contribution in [2.75, 3.05) is 44.7 Å². The Morgan fingerprint density at radius 2 is 2.03 bits per heavy atom. The van der Waals surface area contributed by atoms with E-state index in [0.717, 1.165) is 69.4 Å². The van der Waals surface area contributed by atoms with Crippen LogP contribution >= 0.6 is 24.0 Å². The molecule has 0 radical (unpaired) electrons. The van der Waals surface area contributed by atoms with Gasteiger partial charge in [-0.2, -0.15) is 0 Å². The maximum absolute atomic E-state index is 12.7. The van der Waals surface area contributed by atoms with Crippen LogP contribution in [-0.4, -0.2) is 73.7 Å². The van der Waals surface area contributed by atoms with Crippen molar-refractivity contribution in [3.05, 3.63) is 23.9 Å². The number of hydrogen-bond acceptors (Lipinski definition) is 5. The molecule has 0 aromatic carbocycles. The molecule has 1 aromatic rings. The standard InChI is InChI=1S/C23H36N6O2.HI/c1-17-15-28(11-12-31-17)21-8-7-18(13-25-21)14-26-23(24-2)27-20-9-10-29(16-20)22(30)19-5-3-4-6-19;/h7-8,13,17,19-20H,3-6,9-12,14-16H2,1-2H3,(H2,24,26,27);1H. The van der Waals surface area contributed by atoms with E-state index in [1.165, 1.54) is 12.8 Å². The lowest BCUT2D eigenvalue weighted by molar-refractivity contribution is -0.134. The number of morpholine rings is 1. The molecule has 1 aliphatic carbocycles. The number of nitrogens with one attached hydrogen (secondary N) is 2. The van der Waals surface area contributed by atoms with E-state index in [4.69, 9.17) is 4.74 Å². The molecular weight excluding hydrogens is 519 g/mol. The van der Waals surface area contributed by atoms with Gasteiger partial charge in [0.1, 0.15) is 5.82 Å². The second kappa shape index (κ2) is 12.0. The molecule has 3 heterocycles. The molecule has 1 saturated carbocycles. The number of pyridine rings is 1. The first-order valence-electron chi connectivity index (χ1n) is 11.7. The van der Waals surface area contributed by atoms with Gasteiger partial charge >= 0.3 is 0 Å². The predicted octanol–water partition coefficient (Wildman–Crippen LogP) is 2.38. The molecule has 178 valence electrons. The minimum atomic E-state index is 0. The third kappa shape index (κ3) is 6.46. The average molecular weight is 556 g/mol. The maximum Gasteiger partial charge on any atom is 0.225 e. The van der Waals surface area contributed by atoms with Crippen molar-refractivity contribution in [2.45, 2.75) is 57.7 Å². The average Bonchev–Trinajstić information content (AvgIpc) is 3.49. The van der Waals surface area contributed by atoms with Gasteiger partial charge in [0.05, 0.1) is 12.7 Å². The zero-order valence-electron chi connectivity index (χ0n) is 19.3. The molecule has 2 saturated heterocycles. The fourth-order valence-electron chi connectivity index (χ4n) is 4.82. The molecule has 9 heteroatoms. The third-order valence-corrected chi connectivity index (χ3v) is 6.60. The van der Waals surface area contributed by atoms with Crippen LogP contribution in [-0.2, 0) is 16.1 Å². The Bertz CT molecular complexity index is 768. The zero-order chi connectivity index (χ0) is 21.6. The highest BCUT2D eigenvalue weighted by Gasteiger charge is 2.32. The first-order chi connectivity index (χ1) is 15.1. The van der Waals surface area contributed by atoms with E-state index in [0.29, 0.717) is 12.5 Å². The van der Waals surface area contributed by atoms with E-state index in [1.807, 2.05) is 11.1 Å². The Morgan fingerprint density at radius 3 is 2.72 bits per heavy atom. The summed E-state index contributed by atoms with van der Waals surface area (Å²) in [6.45, 7) is 6.87. The molecule has 1 amide bonds. The Labute approximate surface area is 208 Å². The Balaban J connectivity index is 0.00000289. The van der Waals surface area contributed by atoms with Gasteiger partial charge in [0.25, 0.3) is 0 Å². The van der Waals surface area contributed by atoms with Crippen molar-refractivity contribution >= 4 is 41.7 Å². The normalized spacial score (nSPS) is 24.4. The summed E-state index contributed by atoms with van der Waals surface area (Å²) in [6, 6.07) is 4.44. The van der Waals surface area contributed by atoms with E-state index in [-0.39, 0.29) is 42.0 Å². The number of rotatable bonds is 5. The third-order valence-electron chi connectivity index (χ3n) is 6.60. The van der Waals surface area contributed by atoms with Crippen molar-refractivity contribution in [1.82, 2.24) is 20.5 Å². The second-order valence-corrected chi connectivity index (χ2v) is 8.97. The lowest BCUT2D eigenvalue weighted by Crippen LogP contribution is -2.45. The number of nitrogens with zero attached hydrogens (tertiary/aromatic N) is 4. The van der Waals surface area contributed by atoms with Crippen LogP contribution in [0.5, 0.6) is 0 Å². The van der Waals surface area contributed by atoms with Crippen LogP contribution in [0.25, 0.3) is 0 Å². The second-order valence-electron chi connectivity index (χ2n) is 8.97. The van der Waals surface area contributed by atoms with Crippen molar-refractivity contribution in [2.24, 2.45) is 10.9 Å². The summed E-state index contributed by atoms with van der Waals surface area (Å²) < 4.78 is 5.61. The van der Waals surface area contributed by atoms with Crippen molar-refractivity contribution in [3.63, 3.8) is 0 Å². The molecule has 0 bridgehead atoms. The molecule has 8 nitrogen and oxygen atoms in total. The van der Waals surface area contributed by atoms with E-state index < -0.39 is 0 Å². The summed E-state index contributed by atoms with van der Waals surface area (Å²) in [5, 5.41) is 6.86. The summed E-state index contributed by atoms with van der Waals surface area (Å²) in [7, 11) is 1.78. The molecule has 2 unspecified atom stereocenters. The van der Waals surface area contributed by atoms with Gasteiger partial charge in [0.2, 0.25) is 5.91 Å². The fourth-order valence-corrected chi connectivity index (χ4v) is 4.82. The molecule has 2 N–H and O–H groups in total. The Hall–Kier alpha value is -1.62. The minimum absolute atomic E-state index is 0. The summed E-state index contributed by atoms with van der Waals surface area (Å²) in [5.41, 5.74) is 1.11. The molecule has 32 heavy (non-hydrogen) atoms. The van der Waals surface area contributed by atoms with Crippen molar-refractivity contribution in [3.8, 4) is 0 Å². The van der Waals surface area contributed by atoms with Crippen LogP contribution < -0.4 is 15.5 Å². The summed E-state index contributed by atoms with van der Waals surface area (Å²) in [4.78, 5) is 26.0. The summed E-state index contributed by atoms with van der Waals surface area (Å²) in [6.07, 6.45) is 7.66. The SMILES string of the molecule is CN=C(NCc1ccc(N2CCOC(C)C2)nc1)NC1CCN(C(=O)C2CCCC2)C1.I. The number of likely N-dealkylation sites (tertiary alicyclic amines) is 1. The quantitative estimate of drug-likeness (QED) is 0.330.